The number of phenols is 1. The Morgan fingerprint density at radius 2 is 2.06 bits per heavy atom. The highest BCUT2D eigenvalue weighted by Gasteiger charge is 2.08. The summed E-state index contributed by atoms with van der Waals surface area (Å²) in [7, 11) is 0. The molecule has 0 saturated heterocycles. The summed E-state index contributed by atoms with van der Waals surface area (Å²) >= 11 is 0. The lowest BCUT2D eigenvalue weighted by molar-refractivity contribution is 0.126. The normalized spacial score (nSPS) is 10.6. The van der Waals surface area contributed by atoms with E-state index in [-0.39, 0.29) is 5.75 Å². The summed E-state index contributed by atoms with van der Waals surface area (Å²) in [6, 6.07) is 6.57. The van der Waals surface area contributed by atoms with Gasteiger partial charge in [0, 0.05) is 12.2 Å². The number of aromatic nitrogens is 2. The van der Waals surface area contributed by atoms with Crippen molar-refractivity contribution >= 4 is 0 Å². The van der Waals surface area contributed by atoms with E-state index in [1.54, 1.807) is 24.3 Å². The number of rotatable bonds is 4. The van der Waals surface area contributed by atoms with Gasteiger partial charge < -0.3 is 14.4 Å². The lowest BCUT2D eigenvalue weighted by atomic mass is 10.2. The summed E-state index contributed by atoms with van der Waals surface area (Å²) in [6.07, 6.45) is 0. The molecule has 2 aromatic rings. The van der Waals surface area contributed by atoms with Crippen molar-refractivity contribution in [3.05, 3.63) is 30.1 Å². The summed E-state index contributed by atoms with van der Waals surface area (Å²) in [4.78, 5) is 4.16. The Bertz CT molecular complexity index is 451. The summed E-state index contributed by atoms with van der Waals surface area (Å²) < 4.78 is 10.2. The Kier molecular flexibility index (Phi) is 3.16. The van der Waals surface area contributed by atoms with Crippen LogP contribution in [0.1, 0.15) is 12.7 Å². The molecule has 5 heteroatoms. The Balaban J connectivity index is 2.15. The maximum atomic E-state index is 9.14. The number of phenolic OH excluding ortho intramolecular Hbond substituents is 1. The van der Waals surface area contributed by atoms with Gasteiger partial charge in [0.15, 0.2) is 5.82 Å². The standard InChI is InChI=1S/C11H12N2O3/c1-2-15-7-10-12-11(16-13-10)8-3-5-9(14)6-4-8/h3-6,14H,2,7H2,1H3. The van der Waals surface area contributed by atoms with Crippen LogP contribution in [0, 0.1) is 0 Å². The number of ether oxygens (including phenoxy) is 1. The van der Waals surface area contributed by atoms with E-state index in [0.29, 0.717) is 24.9 Å². The van der Waals surface area contributed by atoms with Gasteiger partial charge in [0.2, 0.25) is 0 Å². The molecule has 0 fully saturated rings. The third-order valence-corrected chi connectivity index (χ3v) is 2.02. The van der Waals surface area contributed by atoms with Gasteiger partial charge in [0.05, 0.1) is 0 Å². The Morgan fingerprint density at radius 3 is 2.75 bits per heavy atom. The largest absolute Gasteiger partial charge is 0.508 e. The predicted octanol–water partition coefficient (Wildman–Crippen LogP) is 1.98. The van der Waals surface area contributed by atoms with Crippen LogP contribution < -0.4 is 0 Å². The molecule has 0 bridgehead atoms. The highest BCUT2D eigenvalue weighted by atomic mass is 16.5. The average Bonchev–Trinajstić information content (AvgIpc) is 2.76. The van der Waals surface area contributed by atoms with E-state index in [4.69, 9.17) is 14.4 Å². The molecule has 0 unspecified atom stereocenters. The van der Waals surface area contributed by atoms with Crippen molar-refractivity contribution in [3.63, 3.8) is 0 Å². The van der Waals surface area contributed by atoms with Crippen molar-refractivity contribution in [1.29, 1.82) is 0 Å². The second-order valence-electron chi connectivity index (χ2n) is 3.20. The SMILES string of the molecule is CCOCc1noc(-c2ccc(O)cc2)n1. The summed E-state index contributed by atoms with van der Waals surface area (Å²) in [6.45, 7) is 2.86. The minimum absolute atomic E-state index is 0.206. The lowest BCUT2D eigenvalue weighted by Gasteiger charge is -1.94. The van der Waals surface area contributed by atoms with Crippen LogP contribution in [-0.4, -0.2) is 21.9 Å². The lowest BCUT2D eigenvalue weighted by Crippen LogP contribution is -1.93. The molecule has 0 aliphatic heterocycles. The molecule has 5 nitrogen and oxygen atoms in total. The first kappa shape index (κ1) is 10.6. The third-order valence-electron chi connectivity index (χ3n) is 2.02. The van der Waals surface area contributed by atoms with Gasteiger partial charge in [0.25, 0.3) is 5.89 Å². The van der Waals surface area contributed by atoms with Gasteiger partial charge in [-0.15, -0.1) is 0 Å². The molecule has 0 atom stereocenters. The van der Waals surface area contributed by atoms with Crippen LogP contribution in [0.5, 0.6) is 5.75 Å². The molecule has 16 heavy (non-hydrogen) atoms. The van der Waals surface area contributed by atoms with Crippen LogP contribution in [0.3, 0.4) is 0 Å². The molecule has 2 rings (SSSR count). The van der Waals surface area contributed by atoms with Crippen LogP contribution in [0.15, 0.2) is 28.8 Å². The fourth-order valence-corrected chi connectivity index (χ4v) is 1.23. The number of hydrogen-bond donors (Lipinski definition) is 1. The minimum atomic E-state index is 0.206. The van der Waals surface area contributed by atoms with Crippen LogP contribution in [0.2, 0.25) is 0 Å². The van der Waals surface area contributed by atoms with Crippen LogP contribution in [0.4, 0.5) is 0 Å². The molecular formula is C11H12N2O3. The van der Waals surface area contributed by atoms with Crippen molar-refractivity contribution in [2.24, 2.45) is 0 Å². The van der Waals surface area contributed by atoms with Crippen molar-refractivity contribution in [3.8, 4) is 17.2 Å². The first-order valence-corrected chi connectivity index (χ1v) is 4.99. The van der Waals surface area contributed by atoms with Crippen molar-refractivity contribution in [2.75, 3.05) is 6.61 Å². The molecule has 1 aromatic heterocycles. The topological polar surface area (TPSA) is 68.4 Å². The number of hydrogen-bond acceptors (Lipinski definition) is 5. The predicted molar refractivity (Wildman–Crippen MR) is 56.7 cm³/mol. The third kappa shape index (κ3) is 2.38. The highest BCUT2D eigenvalue weighted by molar-refractivity contribution is 5.53. The van der Waals surface area contributed by atoms with Gasteiger partial charge in [-0.3, -0.25) is 0 Å². The first-order valence-electron chi connectivity index (χ1n) is 4.99. The Hall–Kier alpha value is -1.88. The monoisotopic (exact) mass is 220 g/mol. The molecule has 0 aliphatic rings. The second kappa shape index (κ2) is 4.76. The van der Waals surface area contributed by atoms with Gasteiger partial charge in [-0.05, 0) is 31.2 Å². The van der Waals surface area contributed by atoms with E-state index in [0.717, 1.165) is 5.56 Å². The first-order chi connectivity index (χ1) is 7.79. The zero-order valence-corrected chi connectivity index (χ0v) is 8.88. The zero-order valence-electron chi connectivity index (χ0n) is 8.88. The second-order valence-corrected chi connectivity index (χ2v) is 3.20. The molecule has 84 valence electrons. The molecule has 0 aliphatic carbocycles. The van der Waals surface area contributed by atoms with Crippen LogP contribution in [0.25, 0.3) is 11.5 Å². The van der Waals surface area contributed by atoms with Gasteiger partial charge >= 0.3 is 0 Å². The van der Waals surface area contributed by atoms with Crippen molar-refractivity contribution in [2.45, 2.75) is 13.5 Å². The Morgan fingerprint density at radius 1 is 1.31 bits per heavy atom. The fourth-order valence-electron chi connectivity index (χ4n) is 1.23. The van der Waals surface area contributed by atoms with Crippen LogP contribution >= 0.6 is 0 Å². The van der Waals surface area contributed by atoms with E-state index in [1.807, 2.05) is 6.92 Å². The van der Waals surface area contributed by atoms with Crippen molar-refractivity contribution in [1.82, 2.24) is 10.1 Å². The average molecular weight is 220 g/mol. The molecule has 0 spiro atoms. The fraction of sp³-hybridized carbons (Fsp3) is 0.273. The number of nitrogens with zero attached hydrogens (tertiary/aromatic N) is 2. The van der Waals surface area contributed by atoms with Crippen molar-refractivity contribution < 1.29 is 14.4 Å². The maximum Gasteiger partial charge on any atom is 0.258 e. The summed E-state index contributed by atoms with van der Waals surface area (Å²) in [5.74, 6) is 1.15. The molecule has 0 radical (unpaired) electrons. The molecule has 0 amide bonds. The zero-order chi connectivity index (χ0) is 11.4. The number of benzene rings is 1. The molecule has 1 aromatic carbocycles. The van der Waals surface area contributed by atoms with Gasteiger partial charge in [-0.1, -0.05) is 5.16 Å². The van der Waals surface area contributed by atoms with E-state index < -0.39 is 0 Å². The molecule has 0 saturated carbocycles. The maximum absolute atomic E-state index is 9.14. The van der Waals surface area contributed by atoms with Gasteiger partial charge in [-0.2, -0.15) is 4.98 Å². The Labute approximate surface area is 92.7 Å². The highest BCUT2D eigenvalue weighted by Crippen LogP contribution is 2.19. The van der Waals surface area contributed by atoms with E-state index in [9.17, 15) is 0 Å². The minimum Gasteiger partial charge on any atom is -0.508 e. The number of aromatic hydroxyl groups is 1. The van der Waals surface area contributed by atoms with E-state index in [2.05, 4.69) is 10.1 Å². The van der Waals surface area contributed by atoms with Gasteiger partial charge in [-0.25, -0.2) is 0 Å². The van der Waals surface area contributed by atoms with Gasteiger partial charge in [0.1, 0.15) is 12.4 Å². The smallest absolute Gasteiger partial charge is 0.258 e. The van der Waals surface area contributed by atoms with Crippen LogP contribution in [-0.2, 0) is 11.3 Å². The molecular weight excluding hydrogens is 208 g/mol. The quantitative estimate of drug-likeness (QED) is 0.853. The van der Waals surface area contributed by atoms with E-state index >= 15 is 0 Å². The molecule has 1 N–H and O–H groups in total. The van der Waals surface area contributed by atoms with E-state index in [1.165, 1.54) is 0 Å². The molecule has 1 heterocycles. The summed E-state index contributed by atoms with van der Waals surface area (Å²) in [5, 5.41) is 12.9. The summed E-state index contributed by atoms with van der Waals surface area (Å²) in [5.41, 5.74) is 0.771.